The zero-order valence-corrected chi connectivity index (χ0v) is 12.9. The van der Waals surface area contributed by atoms with Crippen molar-refractivity contribution < 1.29 is 13.2 Å². The van der Waals surface area contributed by atoms with Crippen LogP contribution in [0.2, 0.25) is 10.0 Å². The van der Waals surface area contributed by atoms with Crippen LogP contribution in [0.3, 0.4) is 0 Å². The lowest BCUT2D eigenvalue weighted by Gasteiger charge is -2.12. The van der Waals surface area contributed by atoms with E-state index in [1.807, 2.05) is 0 Å². The number of halogens is 2. The van der Waals surface area contributed by atoms with Crippen molar-refractivity contribution in [2.75, 3.05) is 23.4 Å². The average molecular weight is 337 g/mol. The summed E-state index contributed by atoms with van der Waals surface area (Å²) in [6, 6.07) is 4.60. The SMILES string of the molecule is O=C(CNc1cc(Cl)ccc1Cl)NC1CCS(=O)(=O)C1. The van der Waals surface area contributed by atoms with Gasteiger partial charge in [0.05, 0.1) is 28.8 Å². The Hall–Kier alpha value is -0.980. The summed E-state index contributed by atoms with van der Waals surface area (Å²) in [6.07, 6.45) is 0.464. The zero-order chi connectivity index (χ0) is 14.8. The predicted molar refractivity (Wildman–Crippen MR) is 80.2 cm³/mol. The van der Waals surface area contributed by atoms with Crippen molar-refractivity contribution in [2.45, 2.75) is 12.5 Å². The van der Waals surface area contributed by atoms with Crippen molar-refractivity contribution in [2.24, 2.45) is 0 Å². The molecule has 2 rings (SSSR count). The predicted octanol–water partition coefficient (Wildman–Crippen LogP) is 1.71. The number of benzene rings is 1. The van der Waals surface area contributed by atoms with Crippen LogP contribution in [-0.2, 0) is 14.6 Å². The van der Waals surface area contributed by atoms with Gasteiger partial charge in [-0.3, -0.25) is 4.79 Å². The number of amides is 1. The van der Waals surface area contributed by atoms with E-state index in [0.717, 1.165) is 0 Å². The molecule has 0 bridgehead atoms. The average Bonchev–Trinajstić information content (AvgIpc) is 2.70. The van der Waals surface area contributed by atoms with E-state index < -0.39 is 9.84 Å². The number of rotatable bonds is 4. The van der Waals surface area contributed by atoms with E-state index in [2.05, 4.69) is 10.6 Å². The quantitative estimate of drug-likeness (QED) is 0.877. The summed E-state index contributed by atoms with van der Waals surface area (Å²) in [5.41, 5.74) is 0.563. The maximum Gasteiger partial charge on any atom is 0.239 e. The second kappa shape index (κ2) is 6.20. The van der Waals surface area contributed by atoms with Crippen molar-refractivity contribution in [3.63, 3.8) is 0 Å². The second-order valence-corrected chi connectivity index (χ2v) is 7.72. The summed E-state index contributed by atoms with van der Waals surface area (Å²) in [5.74, 6) is -0.134. The number of carbonyl (C=O) groups excluding carboxylic acids is 1. The van der Waals surface area contributed by atoms with Crippen molar-refractivity contribution in [1.82, 2.24) is 5.32 Å². The standard InChI is InChI=1S/C12H14Cl2N2O3S/c13-8-1-2-10(14)11(5-8)15-6-12(17)16-9-3-4-20(18,19)7-9/h1-2,5,9,15H,3-4,6-7H2,(H,16,17). The van der Waals surface area contributed by atoms with E-state index in [1.165, 1.54) is 0 Å². The van der Waals surface area contributed by atoms with Gasteiger partial charge in [-0.25, -0.2) is 8.42 Å². The van der Waals surface area contributed by atoms with Crippen molar-refractivity contribution >= 4 is 44.6 Å². The van der Waals surface area contributed by atoms with Crippen LogP contribution in [0.4, 0.5) is 5.69 Å². The minimum atomic E-state index is -2.99. The Morgan fingerprint density at radius 2 is 2.10 bits per heavy atom. The molecule has 20 heavy (non-hydrogen) atoms. The highest BCUT2D eigenvalue weighted by Gasteiger charge is 2.28. The van der Waals surface area contributed by atoms with E-state index in [4.69, 9.17) is 23.2 Å². The number of nitrogens with one attached hydrogen (secondary N) is 2. The molecule has 0 spiro atoms. The van der Waals surface area contributed by atoms with Gasteiger partial charge < -0.3 is 10.6 Å². The first kappa shape index (κ1) is 15.4. The van der Waals surface area contributed by atoms with Crippen LogP contribution in [0.25, 0.3) is 0 Å². The first-order valence-corrected chi connectivity index (χ1v) is 8.62. The number of hydrogen-bond donors (Lipinski definition) is 2. The van der Waals surface area contributed by atoms with Crippen LogP contribution in [-0.4, -0.2) is 38.4 Å². The molecule has 1 aliphatic rings. The molecule has 1 aliphatic heterocycles. The molecule has 2 N–H and O–H groups in total. The number of sulfone groups is 1. The molecule has 1 atom stereocenters. The summed E-state index contributed by atoms with van der Waals surface area (Å²) >= 11 is 11.8. The van der Waals surface area contributed by atoms with Crippen LogP contribution in [0.15, 0.2) is 18.2 Å². The van der Waals surface area contributed by atoms with Gasteiger partial charge in [0.1, 0.15) is 0 Å². The third-order valence-electron chi connectivity index (χ3n) is 2.97. The maximum atomic E-state index is 11.7. The largest absolute Gasteiger partial charge is 0.375 e. The van der Waals surface area contributed by atoms with Crippen LogP contribution in [0.5, 0.6) is 0 Å². The van der Waals surface area contributed by atoms with Crippen LogP contribution in [0, 0.1) is 0 Å². The molecule has 1 aromatic rings. The topological polar surface area (TPSA) is 75.3 Å². The maximum absolute atomic E-state index is 11.7. The highest BCUT2D eigenvalue weighted by atomic mass is 35.5. The molecule has 1 unspecified atom stereocenters. The molecule has 0 radical (unpaired) electrons. The fourth-order valence-electron chi connectivity index (χ4n) is 2.00. The Balaban J connectivity index is 1.85. The molecule has 1 heterocycles. The number of anilines is 1. The van der Waals surface area contributed by atoms with Crippen LogP contribution in [0.1, 0.15) is 6.42 Å². The Bertz CT molecular complexity index is 619. The molecule has 1 fully saturated rings. The second-order valence-electron chi connectivity index (χ2n) is 4.65. The van der Waals surface area contributed by atoms with Gasteiger partial charge in [-0.05, 0) is 24.6 Å². The Kier molecular flexibility index (Phi) is 4.78. The van der Waals surface area contributed by atoms with Gasteiger partial charge in [-0.1, -0.05) is 23.2 Å². The van der Waals surface area contributed by atoms with E-state index in [-0.39, 0.29) is 30.0 Å². The Labute approximate surface area is 127 Å². The van der Waals surface area contributed by atoms with Crippen molar-refractivity contribution in [3.8, 4) is 0 Å². The molecule has 8 heteroatoms. The van der Waals surface area contributed by atoms with E-state index >= 15 is 0 Å². The summed E-state index contributed by atoms with van der Waals surface area (Å²) in [5, 5.41) is 6.53. The van der Waals surface area contributed by atoms with Gasteiger partial charge in [-0.2, -0.15) is 0 Å². The lowest BCUT2D eigenvalue weighted by atomic mass is 10.2. The highest BCUT2D eigenvalue weighted by Crippen LogP contribution is 2.25. The third-order valence-corrected chi connectivity index (χ3v) is 5.30. The van der Waals surface area contributed by atoms with Gasteiger partial charge >= 0.3 is 0 Å². The van der Waals surface area contributed by atoms with Crippen molar-refractivity contribution in [3.05, 3.63) is 28.2 Å². The number of hydrogen-bond acceptors (Lipinski definition) is 4. The molecule has 1 saturated heterocycles. The molecule has 0 aliphatic carbocycles. The lowest BCUT2D eigenvalue weighted by molar-refractivity contribution is -0.119. The van der Waals surface area contributed by atoms with Gasteiger partial charge in [0.25, 0.3) is 0 Å². The summed E-state index contributed by atoms with van der Waals surface area (Å²) in [6.45, 7) is 0.0105. The molecule has 0 aromatic heterocycles. The van der Waals surface area contributed by atoms with Crippen LogP contribution < -0.4 is 10.6 Å². The van der Waals surface area contributed by atoms with Gasteiger partial charge in [0.2, 0.25) is 5.91 Å². The molecular formula is C12H14Cl2N2O3S. The van der Waals surface area contributed by atoms with Gasteiger partial charge in [0.15, 0.2) is 9.84 Å². The zero-order valence-electron chi connectivity index (χ0n) is 10.5. The normalized spacial score (nSPS) is 20.6. The first-order chi connectivity index (χ1) is 9.35. The fourth-order valence-corrected chi connectivity index (χ4v) is 4.03. The first-order valence-electron chi connectivity index (χ1n) is 6.04. The summed E-state index contributed by atoms with van der Waals surface area (Å²) < 4.78 is 22.6. The van der Waals surface area contributed by atoms with E-state index in [0.29, 0.717) is 22.2 Å². The minimum absolute atomic E-state index is 0.0105. The molecule has 5 nitrogen and oxygen atoms in total. The minimum Gasteiger partial charge on any atom is -0.375 e. The van der Waals surface area contributed by atoms with E-state index in [9.17, 15) is 13.2 Å². The molecule has 1 aromatic carbocycles. The lowest BCUT2D eigenvalue weighted by Crippen LogP contribution is -2.39. The molecular weight excluding hydrogens is 323 g/mol. The number of carbonyl (C=O) groups is 1. The fraction of sp³-hybridized carbons (Fsp3) is 0.417. The van der Waals surface area contributed by atoms with Gasteiger partial charge in [0, 0.05) is 11.1 Å². The monoisotopic (exact) mass is 336 g/mol. The highest BCUT2D eigenvalue weighted by molar-refractivity contribution is 7.91. The molecule has 110 valence electrons. The Morgan fingerprint density at radius 3 is 2.75 bits per heavy atom. The van der Waals surface area contributed by atoms with Crippen LogP contribution >= 0.6 is 23.2 Å². The summed E-state index contributed by atoms with van der Waals surface area (Å²) in [4.78, 5) is 11.7. The molecule has 0 saturated carbocycles. The smallest absolute Gasteiger partial charge is 0.239 e. The summed E-state index contributed by atoms with van der Waals surface area (Å²) in [7, 11) is -2.99. The van der Waals surface area contributed by atoms with Gasteiger partial charge in [-0.15, -0.1) is 0 Å². The molecule has 1 amide bonds. The Morgan fingerprint density at radius 1 is 1.35 bits per heavy atom. The van der Waals surface area contributed by atoms with Crippen molar-refractivity contribution in [1.29, 1.82) is 0 Å². The van der Waals surface area contributed by atoms with E-state index in [1.54, 1.807) is 18.2 Å². The third kappa shape index (κ3) is 4.26.